The Kier molecular flexibility index (Phi) is 5.88. The molecule has 0 aliphatic carbocycles. The van der Waals surface area contributed by atoms with Gasteiger partial charge in [0.1, 0.15) is 5.82 Å². The standard InChI is InChI=1S/C14H25N5O/c1-5-16-13(20)10-6-7-12(19-18-10)17-11(8-9-15)14(2,3)4/h6-7,11H,5,8-9,15H2,1-4H3,(H,16,20)(H,17,19). The molecule has 20 heavy (non-hydrogen) atoms. The van der Waals surface area contributed by atoms with Gasteiger partial charge in [-0.2, -0.15) is 0 Å². The lowest BCUT2D eigenvalue weighted by atomic mass is 9.85. The molecule has 1 amide bonds. The predicted octanol–water partition coefficient (Wildman–Crippen LogP) is 1.40. The smallest absolute Gasteiger partial charge is 0.271 e. The molecule has 0 saturated heterocycles. The Labute approximate surface area is 120 Å². The van der Waals surface area contributed by atoms with Crippen molar-refractivity contribution >= 4 is 11.7 Å². The second-order valence-electron chi connectivity index (χ2n) is 5.80. The summed E-state index contributed by atoms with van der Waals surface area (Å²) in [5.74, 6) is 0.451. The minimum absolute atomic E-state index is 0.0688. The molecule has 0 aromatic carbocycles. The quantitative estimate of drug-likeness (QED) is 0.732. The summed E-state index contributed by atoms with van der Waals surface area (Å²) in [5.41, 5.74) is 6.04. The topological polar surface area (TPSA) is 92.9 Å². The molecule has 1 aromatic rings. The summed E-state index contributed by atoms with van der Waals surface area (Å²) in [6.45, 7) is 9.49. The second-order valence-corrected chi connectivity index (χ2v) is 5.80. The first-order valence-electron chi connectivity index (χ1n) is 6.97. The fourth-order valence-corrected chi connectivity index (χ4v) is 1.85. The molecule has 1 unspecified atom stereocenters. The molecule has 0 radical (unpaired) electrons. The summed E-state index contributed by atoms with van der Waals surface area (Å²) >= 11 is 0. The van der Waals surface area contributed by atoms with Crippen molar-refractivity contribution < 1.29 is 4.79 Å². The lowest BCUT2D eigenvalue weighted by Gasteiger charge is -2.31. The molecule has 6 heteroatoms. The van der Waals surface area contributed by atoms with Crippen LogP contribution in [0.25, 0.3) is 0 Å². The molecule has 6 nitrogen and oxygen atoms in total. The Morgan fingerprint density at radius 2 is 2.05 bits per heavy atom. The highest BCUT2D eigenvalue weighted by atomic mass is 16.1. The summed E-state index contributed by atoms with van der Waals surface area (Å²) in [4.78, 5) is 11.6. The first kappa shape index (κ1) is 16.4. The van der Waals surface area contributed by atoms with Gasteiger partial charge in [-0.1, -0.05) is 20.8 Å². The number of carbonyl (C=O) groups excluding carboxylic acids is 1. The van der Waals surface area contributed by atoms with Gasteiger partial charge in [-0.15, -0.1) is 10.2 Å². The van der Waals surface area contributed by atoms with Gasteiger partial charge < -0.3 is 16.4 Å². The van der Waals surface area contributed by atoms with E-state index in [0.717, 1.165) is 6.42 Å². The lowest BCUT2D eigenvalue weighted by molar-refractivity contribution is 0.0950. The third-order valence-electron chi connectivity index (χ3n) is 3.06. The SMILES string of the molecule is CCNC(=O)c1ccc(NC(CCN)C(C)(C)C)nn1. The Bertz CT molecular complexity index is 424. The predicted molar refractivity (Wildman–Crippen MR) is 80.6 cm³/mol. The number of nitrogens with one attached hydrogen (secondary N) is 2. The molecule has 1 atom stereocenters. The van der Waals surface area contributed by atoms with Crippen LogP contribution in [0.1, 0.15) is 44.6 Å². The minimum Gasteiger partial charge on any atom is -0.365 e. The van der Waals surface area contributed by atoms with E-state index >= 15 is 0 Å². The zero-order valence-corrected chi connectivity index (χ0v) is 12.7. The lowest BCUT2D eigenvalue weighted by Crippen LogP contribution is -2.36. The normalized spacial score (nSPS) is 12.8. The van der Waals surface area contributed by atoms with Gasteiger partial charge in [-0.25, -0.2) is 0 Å². The van der Waals surface area contributed by atoms with E-state index in [9.17, 15) is 4.79 Å². The number of carbonyl (C=O) groups is 1. The first-order valence-corrected chi connectivity index (χ1v) is 6.97. The molecule has 0 spiro atoms. The number of nitrogens with two attached hydrogens (primary N) is 1. The average molecular weight is 279 g/mol. The van der Waals surface area contributed by atoms with Crippen LogP contribution in [0.15, 0.2) is 12.1 Å². The molecular formula is C14H25N5O. The molecule has 1 aromatic heterocycles. The van der Waals surface area contributed by atoms with Crippen molar-refractivity contribution in [3.63, 3.8) is 0 Å². The van der Waals surface area contributed by atoms with E-state index < -0.39 is 0 Å². The van der Waals surface area contributed by atoms with Crippen molar-refractivity contribution in [2.24, 2.45) is 11.1 Å². The van der Waals surface area contributed by atoms with Crippen molar-refractivity contribution in [2.75, 3.05) is 18.4 Å². The van der Waals surface area contributed by atoms with Crippen LogP contribution >= 0.6 is 0 Å². The van der Waals surface area contributed by atoms with E-state index in [2.05, 4.69) is 41.6 Å². The van der Waals surface area contributed by atoms with Gasteiger partial charge in [-0.05, 0) is 37.4 Å². The highest BCUT2D eigenvalue weighted by Crippen LogP contribution is 2.24. The molecule has 4 N–H and O–H groups in total. The maximum Gasteiger partial charge on any atom is 0.271 e. The maximum atomic E-state index is 11.6. The Hall–Kier alpha value is -1.69. The maximum absolute atomic E-state index is 11.6. The zero-order valence-electron chi connectivity index (χ0n) is 12.7. The van der Waals surface area contributed by atoms with E-state index in [-0.39, 0.29) is 17.4 Å². The highest BCUT2D eigenvalue weighted by Gasteiger charge is 2.24. The molecule has 0 fully saturated rings. The second kappa shape index (κ2) is 7.19. The van der Waals surface area contributed by atoms with Gasteiger partial charge in [0, 0.05) is 12.6 Å². The third kappa shape index (κ3) is 4.77. The number of hydrogen-bond donors (Lipinski definition) is 3. The van der Waals surface area contributed by atoms with Crippen molar-refractivity contribution in [3.05, 3.63) is 17.8 Å². The van der Waals surface area contributed by atoms with Crippen LogP contribution in [0.3, 0.4) is 0 Å². The largest absolute Gasteiger partial charge is 0.365 e. The molecule has 1 heterocycles. The number of nitrogens with zero attached hydrogens (tertiary/aromatic N) is 2. The van der Waals surface area contributed by atoms with Crippen LogP contribution in [-0.2, 0) is 0 Å². The van der Waals surface area contributed by atoms with Crippen LogP contribution < -0.4 is 16.4 Å². The fraction of sp³-hybridized carbons (Fsp3) is 0.643. The van der Waals surface area contributed by atoms with Crippen LogP contribution in [0.5, 0.6) is 0 Å². The average Bonchev–Trinajstić information content (AvgIpc) is 2.38. The van der Waals surface area contributed by atoms with Gasteiger partial charge in [0.2, 0.25) is 0 Å². The van der Waals surface area contributed by atoms with Gasteiger partial charge in [0.25, 0.3) is 5.91 Å². The minimum atomic E-state index is -0.208. The molecular weight excluding hydrogens is 254 g/mol. The highest BCUT2D eigenvalue weighted by molar-refractivity contribution is 5.92. The van der Waals surface area contributed by atoms with E-state index in [1.165, 1.54) is 0 Å². The van der Waals surface area contributed by atoms with Gasteiger partial charge >= 0.3 is 0 Å². The summed E-state index contributed by atoms with van der Waals surface area (Å²) in [6.07, 6.45) is 0.850. The number of aromatic nitrogens is 2. The van der Waals surface area contributed by atoms with Crippen LogP contribution in [0, 0.1) is 5.41 Å². The van der Waals surface area contributed by atoms with Crippen LogP contribution in [0.4, 0.5) is 5.82 Å². The first-order chi connectivity index (χ1) is 9.38. The molecule has 0 aliphatic heterocycles. The van der Waals surface area contributed by atoms with E-state index in [1.807, 2.05) is 6.92 Å². The summed E-state index contributed by atoms with van der Waals surface area (Å²) < 4.78 is 0. The van der Waals surface area contributed by atoms with Crippen LogP contribution in [-0.4, -0.2) is 35.2 Å². The molecule has 112 valence electrons. The molecule has 0 aliphatic rings. The van der Waals surface area contributed by atoms with Crippen molar-refractivity contribution in [2.45, 2.75) is 40.2 Å². The van der Waals surface area contributed by atoms with Crippen molar-refractivity contribution in [1.82, 2.24) is 15.5 Å². The van der Waals surface area contributed by atoms with Crippen molar-refractivity contribution in [1.29, 1.82) is 0 Å². The van der Waals surface area contributed by atoms with E-state index in [4.69, 9.17) is 5.73 Å². The van der Waals surface area contributed by atoms with Gasteiger partial charge in [-0.3, -0.25) is 4.79 Å². The van der Waals surface area contributed by atoms with Gasteiger partial charge in [0.15, 0.2) is 5.69 Å². The fourth-order valence-electron chi connectivity index (χ4n) is 1.85. The summed E-state index contributed by atoms with van der Waals surface area (Å²) in [6, 6.07) is 3.65. The molecule has 0 bridgehead atoms. The number of rotatable bonds is 6. The number of amides is 1. The number of anilines is 1. The molecule has 1 rings (SSSR count). The Morgan fingerprint density at radius 3 is 2.50 bits per heavy atom. The summed E-state index contributed by atoms with van der Waals surface area (Å²) in [5, 5.41) is 14.0. The monoisotopic (exact) mass is 279 g/mol. The van der Waals surface area contributed by atoms with Crippen molar-refractivity contribution in [3.8, 4) is 0 Å². The zero-order chi connectivity index (χ0) is 15.2. The van der Waals surface area contributed by atoms with E-state index in [0.29, 0.717) is 24.6 Å². The van der Waals surface area contributed by atoms with Crippen LogP contribution in [0.2, 0.25) is 0 Å². The summed E-state index contributed by atoms with van der Waals surface area (Å²) in [7, 11) is 0. The Balaban J connectivity index is 2.75. The third-order valence-corrected chi connectivity index (χ3v) is 3.06. The van der Waals surface area contributed by atoms with E-state index in [1.54, 1.807) is 12.1 Å². The number of hydrogen-bond acceptors (Lipinski definition) is 5. The molecule has 0 saturated carbocycles. The Morgan fingerprint density at radius 1 is 1.35 bits per heavy atom. The van der Waals surface area contributed by atoms with Gasteiger partial charge in [0.05, 0.1) is 0 Å².